The number of imidazole rings is 1. The summed E-state index contributed by atoms with van der Waals surface area (Å²) < 4.78 is 7.73. The van der Waals surface area contributed by atoms with Gasteiger partial charge in [0.2, 0.25) is 0 Å². The molecule has 0 saturated carbocycles. The van der Waals surface area contributed by atoms with Crippen LogP contribution in [0.3, 0.4) is 0 Å². The van der Waals surface area contributed by atoms with Crippen molar-refractivity contribution in [3.63, 3.8) is 0 Å². The highest BCUT2D eigenvalue weighted by Crippen LogP contribution is 2.33. The summed E-state index contributed by atoms with van der Waals surface area (Å²) in [5.41, 5.74) is 0. The fourth-order valence-electron chi connectivity index (χ4n) is 1.63. The first-order chi connectivity index (χ1) is 9.15. The lowest BCUT2D eigenvalue weighted by Gasteiger charge is -2.02. The fourth-order valence-corrected chi connectivity index (χ4v) is 2.71. The van der Waals surface area contributed by atoms with Gasteiger partial charge in [-0.25, -0.2) is 0 Å². The Hall–Kier alpha value is -1.93. The minimum atomic E-state index is -0.500. The first-order valence-electron chi connectivity index (χ1n) is 5.18. The van der Waals surface area contributed by atoms with Crippen LogP contribution in [0.5, 0.6) is 11.6 Å². The summed E-state index contributed by atoms with van der Waals surface area (Å²) in [7, 11) is 0. The summed E-state index contributed by atoms with van der Waals surface area (Å²) in [6, 6.07) is 7.05. The molecule has 0 aliphatic carbocycles. The molecular formula is C11H6BrN3O3S. The van der Waals surface area contributed by atoms with Gasteiger partial charge >= 0.3 is 11.7 Å². The van der Waals surface area contributed by atoms with E-state index in [1.54, 1.807) is 29.8 Å². The number of hydrogen-bond acceptors (Lipinski definition) is 5. The van der Waals surface area contributed by atoms with Crippen LogP contribution in [0.1, 0.15) is 0 Å². The lowest BCUT2D eigenvalue weighted by Crippen LogP contribution is -1.95. The van der Waals surface area contributed by atoms with E-state index in [0.717, 1.165) is 4.47 Å². The van der Waals surface area contributed by atoms with E-state index in [1.165, 1.54) is 15.7 Å². The van der Waals surface area contributed by atoms with Gasteiger partial charge in [0.1, 0.15) is 11.9 Å². The summed E-state index contributed by atoms with van der Waals surface area (Å²) in [5.74, 6) is 0.314. The van der Waals surface area contributed by atoms with Gasteiger partial charge in [-0.05, 0) is 23.1 Å². The molecule has 0 amide bonds. The van der Waals surface area contributed by atoms with E-state index in [0.29, 0.717) is 10.7 Å². The van der Waals surface area contributed by atoms with E-state index in [-0.39, 0.29) is 11.7 Å². The molecule has 2 heterocycles. The highest BCUT2D eigenvalue weighted by Gasteiger charge is 2.25. The van der Waals surface area contributed by atoms with E-state index in [9.17, 15) is 10.1 Å². The quantitative estimate of drug-likeness (QED) is 0.536. The predicted molar refractivity (Wildman–Crippen MR) is 73.9 cm³/mol. The van der Waals surface area contributed by atoms with Crippen molar-refractivity contribution in [1.29, 1.82) is 0 Å². The van der Waals surface area contributed by atoms with Crippen LogP contribution in [0.4, 0.5) is 5.82 Å². The SMILES string of the molecule is O=[N+]([O-])c1c(Oc2cccc(Br)c2)nc2sccn12. The lowest BCUT2D eigenvalue weighted by molar-refractivity contribution is -0.391. The molecule has 3 aromatic rings. The maximum atomic E-state index is 11.1. The molecule has 0 saturated heterocycles. The largest absolute Gasteiger partial charge is 0.432 e. The molecular weight excluding hydrogens is 334 g/mol. The first kappa shape index (κ1) is 12.1. The highest BCUT2D eigenvalue weighted by atomic mass is 79.9. The molecule has 0 fully saturated rings. The molecule has 0 aliphatic heterocycles. The second-order valence-corrected chi connectivity index (χ2v) is 5.40. The van der Waals surface area contributed by atoms with Crippen LogP contribution >= 0.6 is 27.3 Å². The normalized spacial score (nSPS) is 10.8. The van der Waals surface area contributed by atoms with Crippen molar-refractivity contribution in [1.82, 2.24) is 9.38 Å². The number of halogens is 1. The van der Waals surface area contributed by atoms with Crippen molar-refractivity contribution in [2.75, 3.05) is 0 Å². The van der Waals surface area contributed by atoms with Crippen LogP contribution in [0.2, 0.25) is 0 Å². The molecule has 0 bridgehead atoms. The smallest absolute Gasteiger partial charge is 0.393 e. The van der Waals surface area contributed by atoms with Gasteiger partial charge in [-0.15, -0.1) is 0 Å². The van der Waals surface area contributed by atoms with Crippen LogP contribution in [-0.2, 0) is 0 Å². The number of hydrogen-bond donors (Lipinski definition) is 0. The number of nitro groups is 1. The van der Waals surface area contributed by atoms with Crippen molar-refractivity contribution in [2.24, 2.45) is 0 Å². The molecule has 19 heavy (non-hydrogen) atoms. The van der Waals surface area contributed by atoms with Gasteiger partial charge in [0.25, 0.3) is 4.96 Å². The van der Waals surface area contributed by atoms with Gasteiger partial charge < -0.3 is 14.9 Å². The van der Waals surface area contributed by atoms with Gasteiger partial charge in [-0.1, -0.05) is 33.3 Å². The number of rotatable bonds is 3. The van der Waals surface area contributed by atoms with Crippen molar-refractivity contribution in [3.8, 4) is 11.6 Å². The maximum absolute atomic E-state index is 11.1. The van der Waals surface area contributed by atoms with Gasteiger partial charge in [-0.3, -0.25) is 0 Å². The Kier molecular flexibility index (Phi) is 2.96. The third-order valence-electron chi connectivity index (χ3n) is 2.39. The molecule has 2 aromatic heterocycles. The van der Waals surface area contributed by atoms with Crippen LogP contribution in [0, 0.1) is 10.1 Å². The molecule has 1 aromatic carbocycles. The number of ether oxygens (including phenoxy) is 1. The third-order valence-corrected chi connectivity index (χ3v) is 3.64. The minimum Gasteiger partial charge on any atom is -0.432 e. The lowest BCUT2D eigenvalue weighted by atomic mass is 10.3. The summed E-state index contributed by atoms with van der Waals surface area (Å²) >= 11 is 4.62. The summed E-state index contributed by atoms with van der Waals surface area (Å²) in [5, 5.41) is 12.8. The third kappa shape index (κ3) is 2.20. The number of aromatic nitrogens is 2. The Bertz CT molecular complexity index is 767. The summed E-state index contributed by atoms with van der Waals surface area (Å²) in [4.78, 5) is 15.3. The second-order valence-electron chi connectivity index (χ2n) is 3.61. The highest BCUT2D eigenvalue weighted by molar-refractivity contribution is 9.10. The van der Waals surface area contributed by atoms with E-state index in [4.69, 9.17) is 4.74 Å². The monoisotopic (exact) mass is 339 g/mol. The van der Waals surface area contributed by atoms with Crippen LogP contribution in [-0.4, -0.2) is 14.3 Å². The molecule has 8 heteroatoms. The molecule has 96 valence electrons. The Morgan fingerprint density at radius 2 is 2.32 bits per heavy atom. The Morgan fingerprint density at radius 3 is 3.05 bits per heavy atom. The Balaban J connectivity index is 2.07. The van der Waals surface area contributed by atoms with Gasteiger partial charge in [0, 0.05) is 9.85 Å². The first-order valence-corrected chi connectivity index (χ1v) is 6.86. The molecule has 0 aliphatic rings. The van der Waals surface area contributed by atoms with E-state index < -0.39 is 4.92 Å². The van der Waals surface area contributed by atoms with Crippen molar-refractivity contribution < 1.29 is 9.66 Å². The average Bonchev–Trinajstić information content (AvgIpc) is 2.88. The van der Waals surface area contributed by atoms with Crippen molar-refractivity contribution in [3.05, 3.63) is 50.4 Å². The zero-order valence-electron chi connectivity index (χ0n) is 9.32. The second kappa shape index (κ2) is 4.63. The van der Waals surface area contributed by atoms with Crippen molar-refractivity contribution >= 4 is 38.0 Å². The zero-order chi connectivity index (χ0) is 13.4. The van der Waals surface area contributed by atoms with Gasteiger partial charge in [0.15, 0.2) is 0 Å². The van der Waals surface area contributed by atoms with Crippen LogP contribution in [0.25, 0.3) is 4.96 Å². The van der Waals surface area contributed by atoms with Crippen LogP contribution < -0.4 is 4.74 Å². The summed E-state index contributed by atoms with van der Waals surface area (Å²) in [6.45, 7) is 0. The van der Waals surface area contributed by atoms with E-state index in [2.05, 4.69) is 20.9 Å². The number of nitrogens with zero attached hydrogens (tertiary/aromatic N) is 3. The van der Waals surface area contributed by atoms with E-state index >= 15 is 0 Å². The Labute approximate surface area is 119 Å². The summed E-state index contributed by atoms with van der Waals surface area (Å²) in [6.07, 6.45) is 1.60. The van der Waals surface area contributed by atoms with Gasteiger partial charge in [-0.2, -0.15) is 9.38 Å². The minimum absolute atomic E-state index is 0.00468. The topological polar surface area (TPSA) is 69.7 Å². The van der Waals surface area contributed by atoms with Gasteiger partial charge in [0.05, 0.1) is 0 Å². The molecule has 3 rings (SSSR count). The zero-order valence-corrected chi connectivity index (χ0v) is 11.7. The average molecular weight is 340 g/mol. The molecule has 0 N–H and O–H groups in total. The van der Waals surface area contributed by atoms with Crippen LogP contribution in [0.15, 0.2) is 40.3 Å². The van der Waals surface area contributed by atoms with Crippen molar-refractivity contribution in [2.45, 2.75) is 0 Å². The predicted octanol–water partition coefficient (Wildman–Crippen LogP) is 3.86. The number of benzene rings is 1. The Morgan fingerprint density at radius 1 is 1.47 bits per heavy atom. The van der Waals surface area contributed by atoms with E-state index in [1.807, 2.05) is 6.07 Å². The molecule has 6 nitrogen and oxygen atoms in total. The molecule has 0 radical (unpaired) electrons. The fraction of sp³-hybridized carbons (Fsp3) is 0. The molecule has 0 atom stereocenters. The maximum Gasteiger partial charge on any atom is 0.393 e. The molecule has 0 spiro atoms. The molecule has 0 unspecified atom stereocenters. The standard InChI is InChI=1S/C11H6BrN3O3S/c12-7-2-1-3-8(6-7)18-9-10(15(16)17)14-4-5-19-11(14)13-9/h1-6H. The number of thiazole rings is 1. The number of fused-ring (bicyclic) bond motifs is 1.